The fourth-order valence-corrected chi connectivity index (χ4v) is 1.98. The molecule has 2 rings (SSSR count). The van der Waals surface area contributed by atoms with Crippen molar-refractivity contribution in [1.82, 2.24) is 0 Å². The van der Waals surface area contributed by atoms with Gasteiger partial charge in [-0.2, -0.15) is 0 Å². The predicted molar refractivity (Wildman–Crippen MR) is 90.1 cm³/mol. The highest BCUT2D eigenvalue weighted by atomic mass is 19.1. The minimum absolute atomic E-state index is 0.0971. The Balaban J connectivity index is 2.21. The lowest BCUT2D eigenvalue weighted by molar-refractivity contribution is -0.134. The van der Waals surface area contributed by atoms with Crippen LogP contribution in [0.4, 0.5) is 4.39 Å². The summed E-state index contributed by atoms with van der Waals surface area (Å²) >= 11 is 0. The molecule has 0 heterocycles. The highest BCUT2D eigenvalue weighted by molar-refractivity contribution is 5.91. The highest BCUT2D eigenvalue weighted by Crippen LogP contribution is 2.29. The average Bonchev–Trinajstić information content (AvgIpc) is 2.62. The number of rotatable bonds is 5. The Morgan fingerprint density at radius 3 is 2.44 bits per heavy atom. The number of benzene rings is 2. The largest absolute Gasteiger partial charge is 0.493 e. The van der Waals surface area contributed by atoms with E-state index in [-0.39, 0.29) is 11.3 Å². The van der Waals surface area contributed by atoms with Crippen molar-refractivity contribution in [3.05, 3.63) is 65.0 Å². The van der Waals surface area contributed by atoms with Crippen molar-refractivity contribution in [2.75, 3.05) is 14.2 Å². The van der Waals surface area contributed by atoms with Gasteiger partial charge < -0.3 is 14.2 Å². The lowest BCUT2D eigenvalue weighted by atomic mass is 10.1. The third-order valence-electron chi connectivity index (χ3n) is 3.41. The van der Waals surface area contributed by atoms with Gasteiger partial charge in [0.05, 0.1) is 19.8 Å². The Morgan fingerprint density at radius 1 is 1.04 bits per heavy atom. The third kappa shape index (κ3) is 4.67. The molecule has 0 saturated carbocycles. The van der Waals surface area contributed by atoms with Crippen LogP contribution in [0, 0.1) is 12.7 Å². The van der Waals surface area contributed by atoms with Gasteiger partial charge in [-0.1, -0.05) is 12.1 Å². The molecule has 0 atom stereocenters. The zero-order valence-corrected chi connectivity index (χ0v) is 14.0. The summed E-state index contributed by atoms with van der Waals surface area (Å²) in [4.78, 5) is 23.3. The second-order valence-electron chi connectivity index (χ2n) is 5.12. The Labute approximate surface area is 144 Å². The van der Waals surface area contributed by atoms with Gasteiger partial charge in [0.2, 0.25) is 0 Å². The van der Waals surface area contributed by atoms with E-state index in [0.717, 1.165) is 6.07 Å². The Kier molecular flexibility index (Phi) is 5.89. The van der Waals surface area contributed by atoms with Gasteiger partial charge in [-0.25, -0.2) is 14.0 Å². The monoisotopic (exact) mass is 344 g/mol. The topological polar surface area (TPSA) is 61.8 Å². The lowest BCUT2D eigenvalue weighted by Crippen LogP contribution is -2.10. The zero-order chi connectivity index (χ0) is 18.4. The van der Waals surface area contributed by atoms with Gasteiger partial charge in [0, 0.05) is 6.08 Å². The molecule has 25 heavy (non-hydrogen) atoms. The molecule has 0 aromatic heterocycles. The smallest absolute Gasteiger partial charge is 0.343 e. The molecule has 0 aliphatic carbocycles. The van der Waals surface area contributed by atoms with Crippen LogP contribution in [0.25, 0.3) is 6.08 Å². The summed E-state index contributed by atoms with van der Waals surface area (Å²) in [5, 5.41) is 0. The van der Waals surface area contributed by atoms with Crippen molar-refractivity contribution >= 4 is 18.0 Å². The molecule has 0 radical (unpaired) electrons. The molecule has 0 bridgehead atoms. The minimum Gasteiger partial charge on any atom is -0.493 e. The first-order chi connectivity index (χ1) is 11.9. The quantitative estimate of drug-likeness (QED) is 0.472. The first-order valence-electron chi connectivity index (χ1n) is 7.37. The Hall–Kier alpha value is -3.15. The average molecular weight is 344 g/mol. The van der Waals surface area contributed by atoms with Crippen molar-refractivity contribution < 1.29 is 28.2 Å². The number of hydrogen-bond acceptors (Lipinski definition) is 5. The van der Waals surface area contributed by atoms with E-state index in [9.17, 15) is 14.0 Å². The van der Waals surface area contributed by atoms with Gasteiger partial charge in [-0.15, -0.1) is 0 Å². The number of carbonyl (C=O) groups excluding carboxylic acids is 2. The molecule has 0 N–H and O–H groups in total. The summed E-state index contributed by atoms with van der Waals surface area (Å²) in [5.74, 6) is -1.19. The van der Waals surface area contributed by atoms with Gasteiger partial charge in [0.15, 0.2) is 11.5 Å². The molecule has 5 nitrogen and oxygen atoms in total. The van der Waals surface area contributed by atoms with E-state index >= 15 is 0 Å². The number of carbonyl (C=O) groups is 2. The van der Waals surface area contributed by atoms with Gasteiger partial charge in [0.25, 0.3) is 0 Å². The first kappa shape index (κ1) is 18.2. The van der Waals surface area contributed by atoms with Gasteiger partial charge in [-0.05, 0) is 48.4 Å². The summed E-state index contributed by atoms with van der Waals surface area (Å²) in [5.41, 5.74) is 1.19. The van der Waals surface area contributed by atoms with Crippen LogP contribution >= 0.6 is 0 Å². The maximum Gasteiger partial charge on any atom is 0.343 e. The molecule has 6 heteroatoms. The summed E-state index contributed by atoms with van der Waals surface area (Å²) in [6, 6.07) is 8.87. The molecule has 0 aliphatic heterocycles. The zero-order valence-electron chi connectivity index (χ0n) is 14.0. The molecule has 0 unspecified atom stereocenters. The van der Waals surface area contributed by atoms with E-state index in [1.807, 2.05) is 0 Å². The molecular weight excluding hydrogens is 327 g/mol. The lowest BCUT2D eigenvalue weighted by Gasteiger charge is -2.10. The van der Waals surface area contributed by atoms with Crippen LogP contribution < -0.4 is 9.47 Å². The van der Waals surface area contributed by atoms with E-state index in [1.54, 1.807) is 19.1 Å². The number of esters is 2. The van der Waals surface area contributed by atoms with Crippen LogP contribution in [0.5, 0.6) is 11.5 Å². The second kappa shape index (κ2) is 8.10. The number of aryl methyl sites for hydroxylation is 1. The predicted octanol–water partition coefficient (Wildman–Crippen LogP) is 3.55. The van der Waals surface area contributed by atoms with Crippen LogP contribution in [-0.4, -0.2) is 26.2 Å². The molecule has 0 saturated heterocycles. The summed E-state index contributed by atoms with van der Waals surface area (Å²) in [6.07, 6.45) is 2.80. The molecule has 130 valence electrons. The van der Waals surface area contributed by atoms with E-state index in [1.165, 1.54) is 44.6 Å². The van der Waals surface area contributed by atoms with E-state index in [2.05, 4.69) is 4.74 Å². The third-order valence-corrected chi connectivity index (χ3v) is 3.41. The van der Waals surface area contributed by atoms with Crippen LogP contribution in [0.3, 0.4) is 0 Å². The van der Waals surface area contributed by atoms with Crippen LogP contribution in [0.2, 0.25) is 0 Å². The standard InChI is InChI=1S/C19H17FO5/c1-12-4-7-14(11-15(12)20)19(22)25-16-8-5-13(10-17(16)23-2)6-9-18(21)24-3/h4-11H,1-3H3/b9-6+. The minimum atomic E-state index is -0.699. The van der Waals surface area contributed by atoms with Crippen LogP contribution in [0.15, 0.2) is 42.5 Å². The van der Waals surface area contributed by atoms with Gasteiger partial charge in [0.1, 0.15) is 5.82 Å². The maximum absolute atomic E-state index is 13.6. The number of hydrogen-bond donors (Lipinski definition) is 0. The summed E-state index contributed by atoms with van der Waals surface area (Å²) in [7, 11) is 2.70. The molecule has 2 aromatic rings. The molecule has 0 aliphatic rings. The van der Waals surface area contributed by atoms with Crippen molar-refractivity contribution in [2.24, 2.45) is 0 Å². The molecule has 0 amide bonds. The molecular formula is C19H17FO5. The number of halogens is 1. The van der Waals surface area contributed by atoms with Gasteiger partial charge in [-0.3, -0.25) is 0 Å². The van der Waals surface area contributed by atoms with Crippen molar-refractivity contribution in [1.29, 1.82) is 0 Å². The molecule has 2 aromatic carbocycles. The van der Waals surface area contributed by atoms with Gasteiger partial charge >= 0.3 is 11.9 Å². The highest BCUT2D eigenvalue weighted by Gasteiger charge is 2.14. The van der Waals surface area contributed by atoms with Crippen LogP contribution in [-0.2, 0) is 9.53 Å². The summed E-state index contributed by atoms with van der Waals surface area (Å²) < 4.78 is 28.6. The van der Waals surface area contributed by atoms with E-state index in [4.69, 9.17) is 9.47 Å². The SMILES string of the molecule is COC(=O)/C=C/c1ccc(OC(=O)c2ccc(C)c(F)c2)c(OC)c1. The van der Waals surface area contributed by atoms with Crippen molar-refractivity contribution in [3.63, 3.8) is 0 Å². The van der Waals surface area contributed by atoms with E-state index in [0.29, 0.717) is 16.9 Å². The summed E-state index contributed by atoms with van der Waals surface area (Å²) in [6.45, 7) is 1.61. The number of ether oxygens (including phenoxy) is 3. The van der Waals surface area contributed by atoms with E-state index < -0.39 is 17.8 Å². The van der Waals surface area contributed by atoms with Crippen molar-refractivity contribution in [2.45, 2.75) is 6.92 Å². The molecule has 0 spiro atoms. The number of methoxy groups -OCH3 is 2. The fraction of sp³-hybridized carbons (Fsp3) is 0.158. The van der Waals surface area contributed by atoms with Crippen molar-refractivity contribution in [3.8, 4) is 11.5 Å². The molecule has 0 fully saturated rings. The normalized spacial score (nSPS) is 10.6. The van der Waals surface area contributed by atoms with Crippen LogP contribution in [0.1, 0.15) is 21.5 Å². The maximum atomic E-state index is 13.6. The Morgan fingerprint density at radius 2 is 1.80 bits per heavy atom. The second-order valence-corrected chi connectivity index (χ2v) is 5.12. The first-order valence-corrected chi connectivity index (χ1v) is 7.37. The fourth-order valence-electron chi connectivity index (χ4n) is 1.98. The Bertz CT molecular complexity index is 827.